The molecule has 0 saturated carbocycles. The Bertz CT molecular complexity index is 571. The van der Waals surface area contributed by atoms with E-state index in [1.165, 1.54) is 0 Å². The molecule has 2 rings (SSSR count). The number of hydrogen-bond acceptors (Lipinski definition) is 2. The molecule has 0 atom stereocenters. The van der Waals surface area contributed by atoms with Crippen LogP contribution < -0.4 is 0 Å². The molecule has 0 saturated heterocycles. The molecule has 0 radical (unpaired) electrons. The molecule has 18 heavy (non-hydrogen) atoms. The molecule has 3 heteroatoms. The van der Waals surface area contributed by atoms with E-state index in [-0.39, 0.29) is 5.75 Å². The van der Waals surface area contributed by atoms with Gasteiger partial charge in [0.05, 0.1) is 5.56 Å². The van der Waals surface area contributed by atoms with Crippen molar-refractivity contribution in [2.24, 2.45) is 0 Å². The molecule has 0 heterocycles. The van der Waals surface area contributed by atoms with Crippen molar-refractivity contribution in [2.75, 3.05) is 0 Å². The van der Waals surface area contributed by atoms with Crippen LogP contribution in [-0.4, -0.2) is 16.2 Å². The van der Waals surface area contributed by atoms with Crippen LogP contribution in [0.25, 0.3) is 11.1 Å². The lowest BCUT2D eigenvalue weighted by Crippen LogP contribution is -2.03. The monoisotopic (exact) mass is 242 g/mol. The first-order valence-electron chi connectivity index (χ1n) is 5.78. The van der Waals surface area contributed by atoms with Crippen LogP contribution in [-0.2, 0) is 6.42 Å². The molecular weight excluding hydrogens is 228 g/mol. The van der Waals surface area contributed by atoms with Gasteiger partial charge < -0.3 is 10.2 Å². The average Bonchev–Trinajstić information content (AvgIpc) is 2.38. The van der Waals surface area contributed by atoms with Gasteiger partial charge in [-0.1, -0.05) is 31.2 Å². The van der Waals surface area contributed by atoms with Crippen molar-refractivity contribution in [3.63, 3.8) is 0 Å². The number of aromatic hydroxyl groups is 1. The third-order valence-corrected chi connectivity index (χ3v) is 2.94. The number of carboxylic acids is 1. The molecule has 0 aliphatic carbocycles. The van der Waals surface area contributed by atoms with Gasteiger partial charge in [0.2, 0.25) is 0 Å². The molecule has 0 aliphatic rings. The average molecular weight is 242 g/mol. The zero-order valence-electron chi connectivity index (χ0n) is 10.1. The van der Waals surface area contributed by atoms with Crippen LogP contribution in [0.3, 0.4) is 0 Å². The van der Waals surface area contributed by atoms with Gasteiger partial charge in [-0.25, -0.2) is 4.79 Å². The molecule has 0 spiro atoms. The standard InChI is InChI=1S/C15H14O3/c1-2-12-13(4-3-5-14(12)15(17)18)10-6-8-11(16)9-7-10/h3-9,16H,2H2,1H3,(H,17,18). The zero-order valence-corrected chi connectivity index (χ0v) is 10.1. The fourth-order valence-electron chi connectivity index (χ4n) is 2.08. The summed E-state index contributed by atoms with van der Waals surface area (Å²) in [6.07, 6.45) is 0.651. The highest BCUT2D eigenvalue weighted by atomic mass is 16.4. The predicted octanol–water partition coefficient (Wildman–Crippen LogP) is 3.32. The Labute approximate surface area is 105 Å². The van der Waals surface area contributed by atoms with Crippen LogP contribution in [0.15, 0.2) is 42.5 Å². The van der Waals surface area contributed by atoms with Crippen LogP contribution in [0, 0.1) is 0 Å². The largest absolute Gasteiger partial charge is 0.508 e. The second-order valence-corrected chi connectivity index (χ2v) is 4.04. The van der Waals surface area contributed by atoms with Crippen LogP contribution in [0.2, 0.25) is 0 Å². The topological polar surface area (TPSA) is 57.5 Å². The summed E-state index contributed by atoms with van der Waals surface area (Å²) in [4.78, 5) is 11.2. The van der Waals surface area contributed by atoms with Crippen molar-refractivity contribution in [3.8, 4) is 16.9 Å². The zero-order chi connectivity index (χ0) is 13.1. The number of benzene rings is 2. The van der Waals surface area contributed by atoms with Gasteiger partial charge >= 0.3 is 5.97 Å². The first-order chi connectivity index (χ1) is 8.63. The number of carboxylic acid groups (broad SMARTS) is 1. The maximum atomic E-state index is 11.2. The molecule has 0 unspecified atom stereocenters. The summed E-state index contributed by atoms with van der Waals surface area (Å²) in [7, 11) is 0. The minimum absolute atomic E-state index is 0.200. The molecule has 0 bridgehead atoms. The Hall–Kier alpha value is -2.29. The number of rotatable bonds is 3. The Morgan fingerprint density at radius 2 is 1.78 bits per heavy atom. The maximum Gasteiger partial charge on any atom is 0.335 e. The lowest BCUT2D eigenvalue weighted by atomic mass is 9.94. The van der Waals surface area contributed by atoms with Crippen LogP contribution in [0.4, 0.5) is 0 Å². The van der Waals surface area contributed by atoms with E-state index in [1.54, 1.807) is 36.4 Å². The fraction of sp³-hybridized carbons (Fsp3) is 0.133. The Morgan fingerprint density at radius 3 is 2.33 bits per heavy atom. The van der Waals surface area contributed by atoms with E-state index < -0.39 is 5.97 Å². The number of phenols is 1. The summed E-state index contributed by atoms with van der Waals surface area (Å²) >= 11 is 0. The van der Waals surface area contributed by atoms with E-state index in [1.807, 2.05) is 13.0 Å². The van der Waals surface area contributed by atoms with E-state index in [4.69, 9.17) is 0 Å². The van der Waals surface area contributed by atoms with Gasteiger partial charge in [0.1, 0.15) is 5.75 Å². The summed E-state index contributed by atoms with van der Waals surface area (Å²) in [5.74, 6) is -0.710. The second kappa shape index (κ2) is 4.92. The lowest BCUT2D eigenvalue weighted by Gasteiger charge is -2.11. The maximum absolute atomic E-state index is 11.2. The van der Waals surface area contributed by atoms with Crippen LogP contribution in [0.5, 0.6) is 5.75 Å². The molecule has 2 N–H and O–H groups in total. The number of aromatic carboxylic acids is 1. The molecule has 0 fully saturated rings. The minimum atomic E-state index is -0.910. The molecule has 0 aliphatic heterocycles. The third-order valence-electron chi connectivity index (χ3n) is 2.94. The molecule has 2 aromatic rings. The van der Waals surface area contributed by atoms with Gasteiger partial charge in [-0.3, -0.25) is 0 Å². The summed E-state index contributed by atoms with van der Waals surface area (Å²) in [5, 5.41) is 18.5. The quantitative estimate of drug-likeness (QED) is 0.868. The van der Waals surface area contributed by atoms with Crippen molar-refractivity contribution in [2.45, 2.75) is 13.3 Å². The molecule has 2 aromatic carbocycles. The Morgan fingerprint density at radius 1 is 1.11 bits per heavy atom. The molecule has 92 valence electrons. The summed E-state index contributed by atoms with van der Waals surface area (Å²) < 4.78 is 0. The highest BCUT2D eigenvalue weighted by Crippen LogP contribution is 2.28. The SMILES string of the molecule is CCc1c(C(=O)O)cccc1-c1ccc(O)cc1. The van der Waals surface area contributed by atoms with Gasteiger partial charge in [0.15, 0.2) is 0 Å². The lowest BCUT2D eigenvalue weighted by molar-refractivity contribution is 0.0696. The van der Waals surface area contributed by atoms with E-state index >= 15 is 0 Å². The molecule has 3 nitrogen and oxygen atoms in total. The number of hydrogen-bond donors (Lipinski definition) is 2. The van der Waals surface area contributed by atoms with Gasteiger partial charge in [0.25, 0.3) is 0 Å². The van der Waals surface area contributed by atoms with E-state index in [0.29, 0.717) is 12.0 Å². The normalized spacial score (nSPS) is 10.3. The Balaban J connectivity index is 2.60. The van der Waals surface area contributed by atoms with Gasteiger partial charge in [-0.2, -0.15) is 0 Å². The van der Waals surface area contributed by atoms with Crippen molar-refractivity contribution < 1.29 is 15.0 Å². The van der Waals surface area contributed by atoms with Gasteiger partial charge in [-0.05, 0) is 41.3 Å². The van der Waals surface area contributed by atoms with Crippen LogP contribution >= 0.6 is 0 Å². The first kappa shape index (κ1) is 12.2. The number of carbonyl (C=O) groups is 1. The predicted molar refractivity (Wildman–Crippen MR) is 69.9 cm³/mol. The molecule has 0 amide bonds. The van der Waals surface area contributed by atoms with Crippen molar-refractivity contribution in [3.05, 3.63) is 53.6 Å². The van der Waals surface area contributed by atoms with Crippen molar-refractivity contribution in [1.29, 1.82) is 0 Å². The fourth-order valence-corrected chi connectivity index (χ4v) is 2.08. The second-order valence-electron chi connectivity index (χ2n) is 4.04. The van der Waals surface area contributed by atoms with Crippen LogP contribution in [0.1, 0.15) is 22.8 Å². The van der Waals surface area contributed by atoms with Crippen molar-refractivity contribution >= 4 is 5.97 Å². The van der Waals surface area contributed by atoms with Crippen molar-refractivity contribution in [1.82, 2.24) is 0 Å². The molecular formula is C15H14O3. The van der Waals surface area contributed by atoms with E-state index in [9.17, 15) is 15.0 Å². The summed E-state index contributed by atoms with van der Waals surface area (Å²) in [6.45, 7) is 1.94. The third kappa shape index (κ3) is 2.20. The Kier molecular flexibility index (Phi) is 3.33. The summed E-state index contributed by atoms with van der Waals surface area (Å²) in [5.41, 5.74) is 2.96. The van der Waals surface area contributed by atoms with Gasteiger partial charge in [-0.15, -0.1) is 0 Å². The first-order valence-corrected chi connectivity index (χ1v) is 5.78. The van der Waals surface area contributed by atoms with E-state index in [2.05, 4.69) is 0 Å². The smallest absolute Gasteiger partial charge is 0.335 e. The number of phenolic OH excluding ortho intramolecular Hbond substituents is 1. The summed E-state index contributed by atoms with van der Waals surface area (Å²) in [6, 6.07) is 12.0. The van der Waals surface area contributed by atoms with Gasteiger partial charge in [0, 0.05) is 0 Å². The molecule has 0 aromatic heterocycles. The highest BCUT2D eigenvalue weighted by Gasteiger charge is 2.13. The minimum Gasteiger partial charge on any atom is -0.508 e. The van der Waals surface area contributed by atoms with E-state index in [0.717, 1.165) is 16.7 Å². The highest BCUT2D eigenvalue weighted by molar-refractivity contribution is 5.92.